The summed E-state index contributed by atoms with van der Waals surface area (Å²) in [7, 11) is 0. The lowest BCUT2D eigenvalue weighted by molar-refractivity contribution is 0.306. The van der Waals surface area contributed by atoms with Gasteiger partial charge in [0.15, 0.2) is 0 Å². The van der Waals surface area contributed by atoms with Gasteiger partial charge in [0.1, 0.15) is 12.4 Å². The van der Waals surface area contributed by atoms with Crippen molar-refractivity contribution >= 4 is 15.9 Å². The van der Waals surface area contributed by atoms with Gasteiger partial charge in [-0.05, 0) is 35.9 Å². The van der Waals surface area contributed by atoms with Crippen molar-refractivity contribution in [3.63, 3.8) is 0 Å². The molecule has 0 amide bonds. The summed E-state index contributed by atoms with van der Waals surface area (Å²) >= 11 is 3.43. The second-order valence-electron chi connectivity index (χ2n) is 4.57. The Morgan fingerprint density at radius 1 is 1.10 bits per heavy atom. The Labute approximate surface area is 130 Å². The van der Waals surface area contributed by atoms with Crippen LogP contribution in [-0.4, -0.2) is 10.2 Å². The molecule has 0 saturated heterocycles. The van der Waals surface area contributed by atoms with Gasteiger partial charge in [0, 0.05) is 17.0 Å². The van der Waals surface area contributed by atoms with Crippen LogP contribution in [0.5, 0.6) is 5.75 Å². The largest absolute Gasteiger partial charge is 0.489 e. The zero-order chi connectivity index (χ0) is 14.7. The molecule has 4 nitrogen and oxygen atoms in total. The molecule has 106 valence electrons. The van der Waals surface area contributed by atoms with E-state index in [0.717, 1.165) is 21.3 Å². The summed E-state index contributed by atoms with van der Waals surface area (Å²) in [5, 5.41) is 7.87. The quantitative estimate of drug-likeness (QED) is 0.704. The molecule has 0 unspecified atom stereocenters. The van der Waals surface area contributed by atoms with Gasteiger partial charge in [-0.1, -0.05) is 34.1 Å². The van der Waals surface area contributed by atoms with Crippen LogP contribution < -0.4 is 4.74 Å². The lowest BCUT2D eigenvalue weighted by atomic mass is 10.1. The van der Waals surface area contributed by atoms with Crippen LogP contribution in [0.4, 0.5) is 0 Å². The molecule has 5 heteroatoms. The Kier molecular flexibility index (Phi) is 4.01. The van der Waals surface area contributed by atoms with E-state index >= 15 is 0 Å². The van der Waals surface area contributed by atoms with Crippen molar-refractivity contribution in [2.75, 3.05) is 0 Å². The third-order valence-corrected chi connectivity index (χ3v) is 3.39. The third kappa shape index (κ3) is 3.49. The maximum absolute atomic E-state index is 5.77. The van der Waals surface area contributed by atoms with E-state index < -0.39 is 0 Å². The SMILES string of the molecule is Cc1nnc(-c2cccc(COc3cccc(Br)c3)c2)o1. The number of hydrogen-bond acceptors (Lipinski definition) is 4. The van der Waals surface area contributed by atoms with Crippen LogP contribution in [-0.2, 0) is 6.61 Å². The molecule has 0 aliphatic heterocycles. The second-order valence-corrected chi connectivity index (χ2v) is 5.49. The van der Waals surface area contributed by atoms with E-state index in [1.807, 2.05) is 48.5 Å². The molecule has 0 aliphatic rings. The maximum atomic E-state index is 5.77. The number of halogens is 1. The van der Waals surface area contributed by atoms with Gasteiger partial charge < -0.3 is 9.15 Å². The van der Waals surface area contributed by atoms with E-state index in [-0.39, 0.29) is 0 Å². The molecule has 2 aromatic carbocycles. The van der Waals surface area contributed by atoms with Crippen LogP contribution in [0.3, 0.4) is 0 Å². The molecule has 21 heavy (non-hydrogen) atoms. The van der Waals surface area contributed by atoms with Gasteiger partial charge in [-0.25, -0.2) is 0 Å². The predicted octanol–water partition coefficient (Wildman–Crippen LogP) is 4.39. The Morgan fingerprint density at radius 2 is 1.95 bits per heavy atom. The number of aromatic nitrogens is 2. The summed E-state index contributed by atoms with van der Waals surface area (Å²) in [6.45, 7) is 2.26. The highest BCUT2D eigenvalue weighted by Gasteiger charge is 2.06. The van der Waals surface area contributed by atoms with Gasteiger partial charge in [-0.15, -0.1) is 10.2 Å². The minimum Gasteiger partial charge on any atom is -0.489 e. The number of ether oxygens (including phenoxy) is 1. The van der Waals surface area contributed by atoms with Crippen molar-refractivity contribution in [1.29, 1.82) is 0 Å². The predicted molar refractivity (Wildman–Crippen MR) is 82.9 cm³/mol. The average molecular weight is 345 g/mol. The van der Waals surface area contributed by atoms with Gasteiger partial charge in [0.05, 0.1) is 0 Å². The molecule has 0 spiro atoms. The molecule has 3 aromatic rings. The molecule has 0 aliphatic carbocycles. The fourth-order valence-corrected chi connectivity index (χ4v) is 2.31. The average Bonchev–Trinajstić information content (AvgIpc) is 2.92. The normalized spacial score (nSPS) is 10.6. The van der Waals surface area contributed by atoms with E-state index in [1.165, 1.54) is 0 Å². The van der Waals surface area contributed by atoms with E-state index in [0.29, 0.717) is 18.4 Å². The highest BCUT2D eigenvalue weighted by atomic mass is 79.9. The summed E-state index contributed by atoms with van der Waals surface area (Å²) < 4.78 is 12.2. The van der Waals surface area contributed by atoms with E-state index in [1.54, 1.807) is 6.92 Å². The van der Waals surface area contributed by atoms with Crippen LogP contribution in [0, 0.1) is 6.92 Å². The number of aryl methyl sites for hydroxylation is 1. The lowest BCUT2D eigenvalue weighted by Gasteiger charge is -2.07. The Balaban J connectivity index is 1.74. The van der Waals surface area contributed by atoms with Crippen LogP contribution >= 0.6 is 15.9 Å². The number of benzene rings is 2. The maximum Gasteiger partial charge on any atom is 0.247 e. The minimum atomic E-state index is 0.484. The van der Waals surface area contributed by atoms with Crippen LogP contribution in [0.15, 0.2) is 57.4 Å². The topological polar surface area (TPSA) is 48.2 Å². The smallest absolute Gasteiger partial charge is 0.247 e. The van der Waals surface area contributed by atoms with Gasteiger partial charge in [0.25, 0.3) is 0 Å². The van der Waals surface area contributed by atoms with Crippen molar-refractivity contribution in [3.05, 3.63) is 64.5 Å². The zero-order valence-corrected chi connectivity index (χ0v) is 13.0. The lowest BCUT2D eigenvalue weighted by Crippen LogP contribution is -1.95. The van der Waals surface area contributed by atoms with E-state index in [2.05, 4.69) is 26.1 Å². The Hall–Kier alpha value is -2.14. The summed E-state index contributed by atoms with van der Waals surface area (Å²) in [6.07, 6.45) is 0. The highest BCUT2D eigenvalue weighted by molar-refractivity contribution is 9.10. The number of nitrogens with zero attached hydrogens (tertiary/aromatic N) is 2. The van der Waals surface area contributed by atoms with Crippen LogP contribution in [0.1, 0.15) is 11.5 Å². The van der Waals surface area contributed by atoms with Crippen molar-refractivity contribution < 1.29 is 9.15 Å². The summed E-state index contributed by atoms with van der Waals surface area (Å²) in [4.78, 5) is 0. The van der Waals surface area contributed by atoms with Gasteiger partial charge >= 0.3 is 0 Å². The molecule has 0 bridgehead atoms. The first-order valence-corrected chi connectivity index (χ1v) is 7.28. The minimum absolute atomic E-state index is 0.484. The summed E-state index contributed by atoms with van der Waals surface area (Å²) in [6, 6.07) is 15.7. The fraction of sp³-hybridized carbons (Fsp3) is 0.125. The summed E-state index contributed by atoms with van der Waals surface area (Å²) in [5.74, 6) is 1.90. The van der Waals surface area contributed by atoms with Crippen molar-refractivity contribution in [2.24, 2.45) is 0 Å². The molecule has 0 saturated carbocycles. The third-order valence-electron chi connectivity index (χ3n) is 2.90. The van der Waals surface area contributed by atoms with Crippen molar-refractivity contribution in [2.45, 2.75) is 13.5 Å². The van der Waals surface area contributed by atoms with E-state index in [4.69, 9.17) is 9.15 Å². The molecule has 0 radical (unpaired) electrons. The molecular formula is C16H13BrN2O2. The first-order chi connectivity index (χ1) is 10.2. The first-order valence-electron chi connectivity index (χ1n) is 6.48. The molecule has 0 atom stereocenters. The highest BCUT2D eigenvalue weighted by Crippen LogP contribution is 2.21. The monoisotopic (exact) mass is 344 g/mol. The standard InChI is InChI=1S/C16H13BrN2O2/c1-11-18-19-16(21-11)13-5-2-4-12(8-13)10-20-15-7-3-6-14(17)9-15/h2-9H,10H2,1H3. The molecule has 1 heterocycles. The molecular weight excluding hydrogens is 332 g/mol. The van der Waals surface area contributed by atoms with Crippen molar-refractivity contribution in [1.82, 2.24) is 10.2 Å². The Bertz CT molecular complexity index is 755. The first kappa shape index (κ1) is 13.8. The number of hydrogen-bond donors (Lipinski definition) is 0. The second kappa shape index (κ2) is 6.10. The van der Waals surface area contributed by atoms with Crippen LogP contribution in [0.2, 0.25) is 0 Å². The molecule has 0 N–H and O–H groups in total. The molecule has 3 rings (SSSR count). The Morgan fingerprint density at radius 3 is 2.71 bits per heavy atom. The number of rotatable bonds is 4. The van der Waals surface area contributed by atoms with Gasteiger partial charge in [0.2, 0.25) is 11.8 Å². The molecule has 1 aromatic heterocycles. The summed E-state index contributed by atoms with van der Waals surface area (Å²) in [5.41, 5.74) is 1.94. The van der Waals surface area contributed by atoms with Crippen molar-refractivity contribution in [3.8, 4) is 17.2 Å². The fourth-order valence-electron chi connectivity index (χ4n) is 1.93. The van der Waals surface area contributed by atoms with Gasteiger partial charge in [-0.2, -0.15) is 0 Å². The van der Waals surface area contributed by atoms with Crippen LogP contribution in [0.25, 0.3) is 11.5 Å². The van der Waals surface area contributed by atoms with Gasteiger partial charge in [-0.3, -0.25) is 0 Å². The zero-order valence-electron chi connectivity index (χ0n) is 11.4. The van der Waals surface area contributed by atoms with E-state index in [9.17, 15) is 0 Å². The molecule has 0 fully saturated rings.